The predicted molar refractivity (Wildman–Crippen MR) is 78.1 cm³/mol. The Morgan fingerprint density at radius 3 is 2.78 bits per heavy atom. The molecule has 1 aromatic heterocycles. The summed E-state index contributed by atoms with van der Waals surface area (Å²) >= 11 is 1.85. The van der Waals surface area contributed by atoms with Crippen molar-refractivity contribution >= 4 is 11.3 Å². The number of nitrogens with one attached hydrogen (secondary N) is 1. The van der Waals surface area contributed by atoms with Crippen molar-refractivity contribution in [3.8, 4) is 10.4 Å². The standard InChI is InChI=1S/C15H19NOS/c1-16-11-13-7-8-15(18-13)14-6-4-3-5-12(14)9-10-17-2/h3-8,16H,9-11H2,1-2H3. The van der Waals surface area contributed by atoms with E-state index in [1.807, 2.05) is 18.4 Å². The van der Waals surface area contributed by atoms with Crippen LogP contribution in [-0.2, 0) is 17.7 Å². The maximum absolute atomic E-state index is 5.17. The van der Waals surface area contributed by atoms with Crippen molar-refractivity contribution in [3.63, 3.8) is 0 Å². The van der Waals surface area contributed by atoms with Gasteiger partial charge >= 0.3 is 0 Å². The highest BCUT2D eigenvalue weighted by molar-refractivity contribution is 7.15. The van der Waals surface area contributed by atoms with Gasteiger partial charge in [-0.3, -0.25) is 0 Å². The van der Waals surface area contributed by atoms with Crippen LogP contribution < -0.4 is 5.32 Å². The summed E-state index contributed by atoms with van der Waals surface area (Å²) in [7, 11) is 3.73. The summed E-state index contributed by atoms with van der Waals surface area (Å²) in [4.78, 5) is 2.71. The number of rotatable bonds is 6. The molecule has 0 fully saturated rings. The lowest BCUT2D eigenvalue weighted by molar-refractivity contribution is 0.202. The van der Waals surface area contributed by atoms with E-state index in [0.29, 0.717) is 0 Å². The summed E-state index contributed by atoms with van der Waals surface area (Å²) in [5, 5.41) is 3.19. The van der Waals surface area contributed by atoms with Crippen LogP contribution >= 0.6 is 11.3 Å². The second-order valence-corrected chi connectivity index (χ2v) is 5.36. The van der Waals surface area contributed by atoms with Crippen molar-refractivity contribution in [2.75, 3.05) is 20.8 Å². The SMILES string of the molecule is CNCc1ccc(-c2ccccc2CCOC)s1. The highest BCUT2D eigenvalue weighted by atomic mass is 32.1. The molecule has 0 aliphatic heterocycles. The first kappa shape index (κ1) is 13.3. The zero-order chi connectivity index (χ0) is 12.8. The maximum atomic E-state index is 5.17. The topological polar surface area (TPSA) is 21.3 Å². The lowest BCUT2D eigenvalue weighted by atomic mass is 10.0. The molecule has 96 valence electrons. The second kappa shape index (κ2) is 6.69. The monoisotopic (exact) mass is 261 g/mol. The molecule has 0 atom stereocenters. The Morgan fingerprint density at radius 1 is 1.17 bits per heavy atom. The third kappa shape index (κ3) is 3.19. The van der Waals surface area contributed by atoms with Crippen LogP contribution in [0.3, 0.4) is 0 Å². The van der Waals surface area contributed by atoms with Gasteiger partial charge in [-0.2, -0.15) is 0 Å². The number of thiophene rings is 1. The zero-order valence-electron chi connectivity index (χ0n) is 10.9. The summed E-state index contributed by atoms with van der Waals surface area (Å²) in [6, 6.07) is 13.0. The summed E-state index contributed by atoms with van der Waals surface area (Å²) in [5.41, 5.74) is 2.69. The maximum Gasteiger partial charge on any atom is 0.0502 e. The van der Waals surface area contributed by atoms with Crippen LogP contribution in [0.1, 0.15) is 10.4 Å². The third-order valence-electron chi connectivity index (χ3n) is 2.87. The predicted octanol–water partition coefficient (Wildman–Crippen LogP) is 3.32. The Hall–Kier alpha value is -1.16. The normalized spacial score (nSPS) is 10.8. The molecule has 2 aromatic rings. The van der Waals surface area contributed by atoms with Crippen molar-refractivity contribution in [2.45, 2.75) is 13.0 Å². The van der Waals surface area contributed by atoms with Crippen molar-refractivity contribution < 1.29 is 4.74 Å². The number of ether oxygens (including phenoxy) is 1. The minimum atomic E-state index is 0.770. The van der Waals surface area contributed by atoms with Gasteiger partial charge in [-0.15, -0.1) is 11.3 Å². The van der Waals surface area contributed by atoms with Crippen LogP contribution in [-0.4, -0.2) is 20.8 Å². The van der Waals surface area contributed by atoms with Gasteiger partial charge in [-0.05, 0) is 36.7 Å². The van der Waals surface area contributed by atoms with Crippen molar-refractivity contribution in [2.24, 2.45) is 0 Å². The number of hydrogen-bond donors (Lipinski definition) is 1. The molecule has 2 nitrogen and oxygen atoms in total. The van der Waals surface area contributed by atoms with E-state index in [0.717, 1.165) is 19.6 Å². The molecule has 1 aromatic carbocycles. The van der Waals surface area contributed by atoms with Gasteiger partial charge in [0.05, 0.1) is 6.61 Å². The molecule has 0 amide bonds. The number of benzene rings is 1. The minimum absolute atomic E-state index is 0.770. The van der Waals surface area contributed by atoms with Gasteiger partial charge in [0.1, 0.15) is 0 Å². The number of hydrogen-bond acceptors (Lipinski definition) is 3. The van der Waals surface area contributed by atoms with E-state index in [4.69, 9.17) is 4.74 Å². The zero-order valence-corrected chi connectivity index (χ0v) is 11.7. The fourth-order valence-corrected chi connectivity index (χ4v) is 3.06. The van der Waals surface area contributed by atoms with Crippen LogP contribution in [0, 0.1) is 0 Å². The highest BCUT2D eigenvalue weighted by Gasteiger charge is 2.07. The lowest BCUT2D eigenvalue weighted by Gasteiger charge is -2.07. The summed E-state index contributed by atoms with van der Waals surface area (Å²) in [6.45, 7) is 1.71. The molecule has 18 heavy (non-hydrogen) atoms. The summed E-state index contributed by atoms with van der Waals surface area (Å²) in [5.74, 6) is 0. The molecule has 3 heteroatoms. The average molecular weight is 261 g/mol. The highest BCUT2D eigenvalue weighted by Crippen LogP contribution is 2.31. The van der Waals surface area contributed by atoms with Crippen molar-refractivity contribution in [1.82, 2.24) is 5.32 Å². The Morgan fingerprint density at radius 2 is 2.00 bits per heavy atom. The molecule has 0 spiro atoms. The molecule has 0 aliphatic rings. The molecule has 1 N–H and O–H groups in total. The summed E-state index contributed by atoms with van der Waals surface area (Å²) in [6.07, 6.45) is 0.964. The Bertz CT molecular complexity index is 493. The molecular formula is C15H19NOS. The first-order valence-electron chi connectivity index (χ1n) is 6.15. The number of methoxy groups -OCH3 is 1. The van der Waals surface area contributed by atoms with Crippen LogP contribution in [0.5, 0.6) is 0 Å². The van der Waals surface area contributed by atoms with Gasteiger partial charge in [0.15, 0.2) is 0 Å². The van der Waals surface area contributed by atoms with E-state index in [2.05, 4.69) is 41.7 Å². The molecule has 0 saturated carbocycles. The van der Waals surface area contributed by atoms with E-state index in [1.165, 1.54) is 20.9 Å². The van der Waals surface area contributed by atoms with Gasteiger partial charge in [0, 0.05) is 23.4 Å². The second-order valence-electron chi connectivity index (χ2n) is 4.20. The molecule has 0 aliphatic carbocycles. The van der Waals surface area contributed by atoms with E-state index in [9.17, 15) is 0 Å². The van der Waals surface area contributed by atoms with Crippen molar-refractivity contribution in [1.29, 1.82) is 0 Å². The van der Waals surface area contributed by atoms with Crippen LogP contribution in [0.4, 0.5) is 0 Å². The molecule has 1 heterocycles. The lowest BCUT2D eigenvalue weighted by Crippen LogP contribution is -2.02. The van der Waals surface area contributed by atoms with Gasteiger partial charge in [-0.1, -0.05) is 24.3 Å². The molecule has 0 saturated heterocycles. The summed E-state index contributed by atoms with van der Waals surface area (Å²) < 4.78 is 5.17. The first-order valence-corrected chi connectivity index (χ1v) is 6.97. The van der Waals surface area contributed by atoms with Crippen LogP contribution in [0.2, 0.25) is 0 Å². The quantitative estimate of drug-likeness (QED) is 0.861. The van der Waals surface area contributed by atoms with E-state index in [1.54, 1.807) is 7.11 Å². The van der Waals surface area contributed by atoms with E-state index >= 15 is 0 Å². The van der Waals surface area contributed by atoms with E-state index in [-0.39, 0.29) is 0 Å². The van der Waals surface area contributed by atoms with Crippen LogP contribution in [0.15, 0.2) is 36.4 Å². The van der Waals surface area contributed by atoms with Crippen molar-refractivity contribution in [3.05, 3.63) is 46.8 Å². The third-order valence-corrected chi connectivity index (χ3v) is 3.99. The fourth-order valence-electron chi connectivity index (χ4n) is 1.98. The molecule has 0 bridgehead atoms. The average Bonchev–Trinajstić information content (AvgIpc) is 2.86. The van der Waals surface area contributed by atoms with Crippen LogP contribution in [0.25, 0.3) is 10.4 Å². The largest absolute Gasteiger partial charge is 0.384 e. The molecule has 2 rings (SSSR count). The minimum Gasteiger partial charge on any atom is -0.384 e. The Kier molecular flexibility index (Phi) is 4.93. The molecule has 0 radical (unpaired) electrons. The fraction of sp³-hybridized carbons (Fsp3) is 0.333. The Balaban J connectivity index is 2.25. The smallest absolute Gasteiger partial charge is 0.0502 e. The van der Waals surface area contributed by atoms with Gasteiger partial charge < -0.3 is 10.1 Å². The first-order chi connectivity index (χ1) is 8.85. The van der Waals surface area contributed by atoms with Gasteiger partial charge in [-0.25, -0.2) is 0 Å². The van der Waals surface area contributed by atoms with E-state index < -0.39 is 0 Å². The van der Waals surface area contributed by atoms with Gasteiger partial charge in [0.25, 0.3) is 0 Å². The van der Waals surface area contributed by atoms with Gasteiger partial charge in [0.2, 0.25) is 0 Å². The molecular weight excluding hydrogens is 242 g/mol. The molecule has 0 unspecified atom stereocenters. The Labute approximate surface area is 113 Å².